The highest BCUT2D eigenvalue weighted by molar-refractivity contribution is 5.52. The molecule has 0 unspecified atom stereocenters. The standard InChI is InChI=1S/C14H11F2N3/c1-9(10-4-5-12(15)13(16)7-10)19-14-11(8-17)3-2-6-18-14/h2-7,9H,1H3,(H,18,19)/t9-/m1/s1. The fourth-order valence-electron chi connectivity index (χ4n) is 1.68. The van der Waals surface area contributed by atoms with Crippen LogP contribution < -0.4 is 5.32 Å². The van der Waals surface area contributed by atoms with E-state index in [1.165, 1.54) is 6.07 Å². The molecule has 96 valence electrons. The molecular formula is C14H11F2N3. The Labute approximate surface area is 109 Å². The number of rotatable bonds is 3. The highest BCUT2D eigenvalue weighted by atomic mass is 19.2. The summed E-state index contributed by atoms with van der Waals surface area (Å²) in [4.78, 5) is 4.05. The Morgan fingerprint density at radius 2 is 2.05 bits per heavy atom. The second-order valence-electron chi connectivity index (χ2n) is 4.05. The Kier molecular flexibility index (Phi) is 3.71. The number of aromatic nitrogens is 1. The van der Waals surface area contributed by atoms with Crippen LogP contribution in [0.4, 0.5) is 14.6 Å². The van der Waals surface area contributed by atoms with Crippen molar-refractivity contribution >= 4 is 5.82 Å². The Balaban J connectivity index is 2.23. The third-order valence-electron chi connectivity index (χ3n) is 2.73. The lowest BCUT2D eigenvalue weighted by atomic mass is 10.1. The van der Waals surface area contributed by atoms with Gasteiger partial charge in [0.15, 0.2) is 11.6 Å². The zero-order valence-electron chi connectivity index (χ0n) is 10.2. The van der Waals surface area contributed by atoms with E-state index in [1.54, 1.807) is 25.3 Å². The number of hydrogen-bond donors (Lipinski definition) is 1. The molecule has 1 N–H and O–H groups in total. The zero-order chi connectivity index (χ0) is 13.8. The van der Waals surface area contributed by atoms with Gasteiger partial charge in [-0.3, -0.25) is 0 Å². The summed E-state index contributed by atoms with van der Waals surface area (Å²) in [6, 6.07) is 8.70. The second kappa shape index (κ2) is 5.44. The van der Waals surface area contributed by atoms with Crippen molar-refractivity contribution in [3.8, 4) is 6.07 Å². The lowest BCUT2D eigenvalue weighted by Crippen LogP contribution is -2.09. The van der Waals surface area contributed by atoms with Crippen LogP contribution >= 0.6 is 0 Å². The van der Waals surface area contributed by atoms with Crippen LogP contribution in [0.25, 0.3) is 0 Å². The van der Waals surface area contributed by atoms with E-state index in [9.17, 15) is 8.78 Å². The summed E-state index contributed by atoms with van der Waals surface area (Å²) in [6.45, 7) is 1.78. The smallest absolute Gasteiger partial charge is 0.159 e. The average molecular weight is 259 g/mol. The van der Waals surface area contributed by atoms with E-state index in [1.807, 2.05) is 6.07 Å². The minimum atomic E-state index is -0.896. The van der Waals surface area contributed by atoms with Crippen molar-refractivity contribution in [1.82, 2.24) is 4.98 Å². The zero-order valence-corrected chi connectivity index (χ0v) is 10.2. The van der Waals surface area contributed by atoms with E-state index < -0.39 is 11.6 Å². The lowest BCUT2D eigenvalue weighted by Gasteiger charge is -2.15. The summed E-state index contributed by atoms with van der Waals surface area (Å²) in [5.74, 6) is -1.36. The Hall–Kier alpha value is -2.48. The number of benzene rings is 1. The first-order valence-corrected chi connectivity index (χ1v) is 5.68. The molecule has 19 heavy (non-hydrogen) atoms. The topological polar surface area (TPSA) is 48.7 Å². The predicted octanol–water partition coefficient (Wildman–Crippen LogP) is 3.40. The van der Waals surface area contributed by atoms with Gasteiger partial charge in [-0.05, 0) is 36.8 Å². The van der Waals surface area contributed by atoms with Crippen LogP contribution in [-0.2, 0) is 0 Å². The summed E-state index contributed by atoms with van der Waals surface area (Å²) >= 11 is 0. The molecule has 0 spiro atoms. The molecule has 1 aromatic heterocycles. The summed E-state index contributed by atoms with van der Waals surface area (Å²) in [6.07, 6.45) is 1.56. The minimum Gasteiger partial charge on any atom is -0.362 e. The van der Waals surface area contributed by atoms with Crippen molar-refractivity contribution in [3.05, 3.63) is 59.3 Å². The molecule has 0 bridgehead atoms. The van der Waals surface area contributed by atoms with Gasteiger partial charge in [-0.15, -0.1) is 0 Å². The molecule has 0 radical (unpaired) electrons. The summed E-state index contributed by atoms with van der Waals surface area (Å²) in [7, 11) is 0. The van der Waals surface area contributed by atoms with Crippen molar-refractivity contribution in [2.75, 3.05) is 5.32 Å². The van der Waals surface area contributed by atoms with E-state index in [0.717, 1.165) is 12.1 Å². The molecule has 0 fully saturated rings. The molecule has 5 heteroatoms. The van der Waals surface area contributed by atoms with E-state index >= 15 is 0 Å². The fourth-order valence-corrected chi connectivity index (χ4v) is 1.68. The quantitative estimate of drug-likeness (QED) is 0.918. The first-order valence-electron chi connectivity index (χ1n) is 5.68. The largest absolute Gasteiger partial charge is 0.362 e. The molecule has 0 saturated carbocycles. The summed E-state index contributed by atoms with van der Waals surface area (Å²) < 4.78 is 26.0. The fraction of sp³-hybridized carbons (Fsp3) is 0.143. The number of halogens is 2. The molecule has 3 nitrogen and oxygen atoms in total. The molecule has 1 heterocycles. The van der Waals surface area contributed by atoms with E-state index in [2.05, 4.69) is 10.3 Å². The SMILES string of the molecule is C[C@@H](Nc1ncccc1C#N)c1ccc(F)c(F)c1. The van der Waals surface area contributed by atoms with Gasteiger partial charge in [-0.25, -0.2) is 13.8 Å². The van der Waals surface area contributed by atoms with Gasteiger partial charge in [0.25, 0.3) is 0 Å². The van der Waals surface area contributed by atoms with Crippen LogP contribution in [0.15, 0.2) is 36.5 Å². The molecule has 0 aliphatic carbocycles. The maximum atomic E-state index is 13.2. The number of anilines is 1. The number of hydrogen-bond acceptors (Lipinski definition) is 3. The van der Waals surface area contributed by atoms with Crippen molar-refractivity contribution in [2.24, 2.45) is 0 Å². The average Bonchev–Trinajstić information content (AvgIpc) is 2.42. The lowest BCUT2D eigenvalue weighted by molar-refractivity contribution is 0.506. The molecule has 0 amide bonds. The van der Waals surface area contributed by atoms with Crippen LogP contribution in [0.3, 0.4) is 0 Å². The van der Waals surface area contributed by atoms with Crippen LogP contribution in [-0.4, -0.2) is 4.98 Å². The van der Waals surface area contributed by atoms with Crippen LogP contribution in [0, 0.1) is 23.0 Å². The molecule has 2 aromatic rings. The second-order valence-corrected chi connectivity index (χ2v) is 4.05. The van der Waals surface area contributed by atoms with E-state index in [4.69, 9.17) is 5.26 Å². The van der Waals surface area contributed by atoms with Gasteiger partial charge >= 0.3 is 0 Å². The number of nitriles is 1. The van der Waals surface area contributed by atoms with Crippen molar-refractivity contribution in [3.63, 3.8) is 0 Å². The van der Waals surface area contributed by atoms with Crippen LogP contribution in [0.5, 0.6) is 0 Å². The normalized spacial score (nSPS) is 11.7. The van der Waals surface area contributed by atoms with Gasteiger partial charge in [0.05, 0.1) is 11.6 Å². The first-order chi connectivity index (χ1) is 9.11. The highest BCUT2D eigenvalue weighted by Crippen LogP contribution is 2.21. The van der Waals surface area contributed by atoms with E-state index in [-0.39, 0.29) is 6.04 Å². The van der Waals surface area contributed by atoms with E-state index in [0.29, 0.717) is 16.9 Å². The van der Waals surface area contributed by atoms with Gasteiger partial charge < -0.3 is 5.32 Å². The van der Waals surface area contributed by atoms with Crippen LogP contribution in [0.1, 0.15) is 24.1 Å². The Morgan fingerprint density at radius 3 is 2.74 bits per heavy atom. The predicted molar refractivity (Wildman–Crippen MR) is 67.3 cm³/mol. The molecule has 1 atom stereocenters. The van der Waals surface area contributed by atoms with Crippen molar-refractivity contribution in [1.29, 1.82) is 5.26 Å². The third kappa shape index (κ3) is 2.86. The third-order valence-corrected chi connectivity index (χ3v) is 2.73. The van der Waals surface area contributed by atoms with Gasteiger partial charge in [0.2, 0.25) is 0 Å². The van der Waals surface area contributed by atoms with Crippen molar-refractivity contribution in [2.45, 2.75) is 13.0 Å². The molecule has 2 rings (SSSR count). The summed E-state index contributed by atoms with van der Waals surface area (Å²) in [5.41, 5.74) is 0.977. The minimum absolute atomic E-state index is 0.294. The van der Waals surface area contributed by atoms with Crippen molar-refractivity contribution < 1.29 is 8.78 Å². The first kappa shape index (κ1) is 13.0. The van der Waals surface area contributed by atoms with Crippen LogP contribution in [0.2, 0.25) is 0 Å². The summed E-state index contributed by atoms with van der Waals surface area (Å²) in [5, 5.41) is 11.9. The molecule has 1 aromatic carbocycles. The Bertz CT molecular complexity index is 635. The maximum Gasteiger partial charge on any atom is 0.159 e. The monoisotopic (exact) mass is 259 g/mol. The molecular weight excluding hydrogens is 248 g/mol. The highest BCUT2D eigenvalue weighted by Gasteiger charge is 2.11. The number of nitrogens with zero attached hydrogens (tertiary/aromatic N) is 2. The van der Waals surface area contributed by atoms with Gasteiger partial charge in [-0.2, -0.15) is 5.26 Å². The van der Waals surface area contributed by atoms with Gasteiger partial charge in [0, 0.05) is 6.20 Å². The van der Waals surface area contributed by atoms with Gasteiger partial charge in [-0.1, -0.05) is 6.07 Å². The Morgan fingerprint density at radius 1 is 1.26 bits per heavy atom. The maximum absolute atomic E-state index is 13.2. The molecule has 0 aliphatic rings. The number of nitrogens with one attached hydrogen (secondary N) is 1. The van der Waals surface area contributed by atoms with Gasteiger partial charge in [0.1, 0.15) is 11.9 Å². The molecule has 0 aliphatic heterocycles. The number of pyridine rings is 1. The molecule has 0 saturated heterocycles.